The van der Waals surface area contributed by atoms with E-state index in [1.54, 1.807) is 47.5 Å². The Hall–Kier alpha value is -4.57. The third kappa shape index (κ3) is 4.40. The van der Waals surface area contributed by atoms with Crippen molar-refractivity contribution in [2.24, 2.45) is 5.92 Å². The monoisotopic (exact) mass is 555 g/mol. The van der Waals surface area contributed by atoms with Gasteiger partial charge in [0.05, 0.1) is 53.7 Å². The number of halogens is 1. The molecule has 0 radical (unpaired) electrons. The second-order valence-electron chi connectivity index (χ2n) is 9.76. The van der Waals surface area contributed by atoms with E-state index in [4.69, 9.17) is 4.74 Å². The lowest BCUT2D eigenvalue weighted by molar-refractivity contribution is -0.120. The standard InChI is InChI=1S/C30H26FN5O3S/c1-17-26(34-29(37)28-18(2)32-16-40-28)27(19-4-11-24(39-3)12-5-19)35(30(17)38)23-10-13-25-20(14-23)15-33-36(25)22-8-6-21(31)7-9-22/h4-17,26-27H,1-3H3,(H,34,37)/t17?,26-,27?/m0/s1. The molecule has 0 bridgehead atoms. The van der Waals surface area contributed by atoms with Gasteiger partial charge in [-0.15, -0.1) is 11.3 Å². The summed E-state index contributed by atoms with van der Waals surface area (Å²) in [5.74, 6) is -0.454. The minimum atomic E-state index is -0.493. The van der Waals surface area contributed by atoms with Crippen LogP contribution < -0.4 is 15.0 Å². The van der Waals surface area contributed by atoms with E-state index in [2.05, 4.69) is 15.4 Å². The van der Waals surface area contributed by atoms with Crippen molar-refractivity contribution >= 4 is 39.7 Å². The van der Waals surface area contributed by atoms with Crippen LogP contribution in [0.3, 0.4) is 0 Å². The van der Waals surface area contributed by atoms with Gasteiger partial charge in [0, 0.05) is 11.1 Å². The molecule has 1 N–H and O–H groups in total. The number of nitrogens with one attached hydrogen (secondary N) is 1. The van der Waals surface area contributed by atoms with Gasteiger partial charge in [0.25, 0.3) is 5.91 Å². The molecule has 2 amide bonds. The topological polar surface area (TPSA) is 89.3 Å². The molecule has 1 fully saturated rings. The maximum atomic E-state index is 13.8. The SMILES string of the molecule is COc1ccc(C2[C@@H](NC(=O)c3scnc3C)C(C)C(=O)N2c2ccc3c(cnn3-c3ccc(F)cc3)c2)cc1. The van der Waals surface area contributed by atoms with Gasteiger partial charge in [-0.1, -0.05) is 19.1 Å². The first kappa shape index (κ1) is 25.7. The van der Waals surface area contributed by atoms with E-state index in [9.17, 15) is 14.0 Å². The van der Waals surface area contributed by atoms with Gasteiger partial charge in [0.1, 0.15) is 16.4 Å². The molecule has 0 spiro atoms. The summed E-state index contributed by atoms with van der Waals surface area (Å²) in [6.07, 6.45) is 1.72. The zero-order valence-corrected chi connectivity index (χ0v) is 22.9. The highest BCUT2D eigenvalue weighted by atomic mass is 32.1. The summed E-state index contributed by atoms with van der Waals surface area (Å²) in [6, 6.07) is 18.4. The minimum absolute atomic E-state index is 0.0996. The van der Waals surface area contributed by atoms with Gasteiger partial charge in [0.15, 0.2) is 0 Å². The predicted octanol–water partition coefficient (Wildman–Crippen LogP) is 5.46. The normalized spacial score (nSPS) is 18.9. The zero-order chi connectivity index (χ0) is 28.0. The van der Waals surface area contributed by atoms with Gasteiger partial charge in [-0.3, -0.25) is 9.59 Å². The Labute approximate surface area is 234 Å². The quantitative estimate of drug-likeness (QED) is 0.301. The summed E-state index contributed by atoms with van der Waals surface area (Å²) in [4.78, 5) is 33.6. The summed E-state index contributed by atoms with van der Waals surface area (Å²) in [5.41, 5.74) is 5.40. The van der Waals surface area contributed by atoms with Crippen molar-refractivity contribution in [3.63, 3.8) is 0 Å². The van der Waals surface area contributed by atoms with E-state index >= 15 is 0 Å². The van der Waals surface area contributed by atoms with E-state index in [0.29, 0.717) is 22.0 Å². The number of hydrogen-bond acceptors (Lipinski definition) is 6. The first-order valence-corrected chi connectivity index (χ1v) is 13.7. The van der Waals surface area contributed by atoms with Gasteiger partial charge < -0.3 is 15.0 Å². The highest BCUT2D eigenvalue weighted by molar-refractivity contribution is 7.11. The van der Waals surface area contributed by atoms with E-state index in [1.807, 2.05) is 49.4 Å². The first-order valence-electron chi connectivity index (χ1n) is 12.8. The molecule has 2 aromatic heterocycles. The van der Waals surface area contributed by atoms with Crippen LogP contribution in [0.15, 0.2) is 78.4 Å². The van der Waals surface area contributed by atoms with Crippen LogP contribution in [-0.2, 0) is 4.79 Å². The van der Waals surface area contributed by atoms with Crippen molar-refractivity contribution in [2.45, 2.75) is 25.9 Å². The average Bonchev–Trinajstić information content (AvgIpc) is 3.66. The third-order valence-corrected chi connectivity index (χ3v) is 8.32. The number of nitrogens with zero attached hydrogens (tertiary/aromatic N) is 4. The van der Waals surface area contributed by atoms with E-state index < -0.39 is 18.0 Å². The molecule has 0 saturated carbocycles. The van der Waals surface area contributed by atoms with Crippen molar-refractivity contribution in [1.29, 1.82) is 0 Å². The zero-order valence-electron chi connectivity index (χ0n) is 22.0. The van der Waals surface area contributed by atoms with Crippen LogP contribution in [0.1, 0.15) is 33.9 Å². The largest absolute Gasteiger partial charge is 0.497 e. The molecule has 1 saturated heterocycles. The smallest absolute Gasteiger partial charge is 0.263 e. The lowest BCUT2D eigenvalue weighted by Crippen LogP contribution is -2.42. The molecule has 1 aliphatic heterocycles. The maximum absolute atomic E-state index is 13.8. The van der Waals surface area contributed by atoms with Crippen LogP contribution in [-0.4, -0.2) is 39.7 Å². The number of anilines is 1. The molecular formula is C30H26FN5O3S. The molecule has 40 heavy (non-hydrogen) atoms. The van der Waals surface area contributed by atoms with E-state index in [1.165, 1.54) is 23.5 Å². The van der Waals surface area contributed by atoms with Crippen molar-refractivity contribution in [3.8, 4) is 11.4 Å². The second kappa shape index (κ2) is 10.2. The molecule has 3 heterocycles. The summed E-state index contributed by atoms with van der Waals surface area (Å²) >= 11 is 1.28. The lowest BCUT2D eigenvalue weighted by Gasteiger charge is -2.29. The Morgan fingerprint density at radius 3 is 2.45 bits per heavy atom. The van der Waals surface area contributed by atoms with Gasteiger partial charge >= 0.3 is 0 Å². The second-order valence-corrected chi connectivity index (χ2v) is 10.6. The number of hydrogen-bond donors (Lipinski definition) is 1. The number of carbonyl (C=O) groups excluding carboxylic acids is 2. The number of carbonyl (C=O) groups is 2. The van der Waals surface area contributed by atoms with Gasteiger partial charge in [0.2, 0.25) is 5.91 Å². The van der Waals surface area contributed by atoms with E-state index in [-0.39, 0.29) is 17.6 Å². The Balaban J connectivity index is 1.41. The summed E-state index contributed by atoms with van der Waals surface area (Å²) in [7, 11) is 1.60. The summed E-state index contributed by atoms with van der Waals surface area (Å²) in [5, 5.41) is 8.46. The Bertz CT molecular complexity index is 1710. The van der Waals surface area contributed by atoms with Crippen molar-refractivity contribution < 1.29 is 18.7 Å². The fraction of sp³-hybridized carbons (Fsp3) is 0.200. The van der Waals surface area contributed by atoms with Crippen LogP contribution in [0, 0.1) is 18.7 Å². The van der Waals surface area contributed by atoms with E-state index in [0.717, 1.165) is 22.2 Å². The number of methoxy groups -OCH3 is 1. The highest BCUT2D eigenvalue weighted by Crippen LogP contribution is 2.42. The van der Waals surface area contributed by atoms with Crippen LogP contribution >= 0.6 is 11.3 Å². The van der Waals surface area contributed by atoms with Crippen LogP contribution in [0.2, 0.25) is 0 Å². The number of rotatable bonds is 6. The number of aromatic nitrogens is 3. The molecule has 2 unspecified atom stereocenters. The number of fused-ring (bicyclic) bond motifs is 1. The number of amides is 2. The number of aryl methyl sites for hydroxylation is 1. The Morgan fingerprint density at radius 2 is 1.77 bits per heavy atom. The number of thiazole rings is 1. The molecule has 3 aromatic carbocycles. The molecular weight excluding hydrogens is 529 g/mol. The van der Waals surface area contributed by atoms with Crippen LogP contribution in [0.4, 0.5) is 10.1 Å². The maximum Gasteiger partial charge on any atom is 0.263 e. The molecule has 10 heteroatoms. The molecule has 1 aliphatic rings. The molecule has 202 valence electrons. The number of benzene rings is 3. The van der Waals surface area contributed by atoms with Crippen molar-refractivity contribution in [2.75, 3.05) is 12.0 Å². The fourth-order valence-electron chi connectivity index (χ4n) is 5.29. The van der Waals surface area contributed by atoms with Gasteiger partial charge in [-0.2, -0.15) is 5.10 Å². The van der Waals surface area contributed by atoms with Crippen molar-refractivity contribution in [3.05, 3.63) is 100 Å². The molecule has 3 atom stereocenters. The van der Waals surface area contributed by atoms with Gasteiger partial charge in [-0.05, 0) is 67.1 Å². The van der Waals surface area contributed by atoms with Crippen LogP contribution in [0.25, 0.3) is 16.6 Å². The minimum Gasteiger partial charge on any atom is -0.497 e. The van der Waals surface area contributed by atoms with Gasteiger partial charge in [-0.25, -0.2) is 14.1 Å². The fourth-order valence-corrected chi connectivity index (χ4v) is 5.99. The molecule has 6 rings (SSSR count). The van der Waals surface area contributed by atoms with Crippen LogP contribution in [0.5, 0.6) is 5.75 Å². The third-order valence-electron chi connectivity index (χ3n) is 7.39. The summed E-state index contributed by atoms with van der Waals surface area (Å²) in [6.45, 7) is 3.64. The lowest BCUT2D eigenvalue weighted by atomic mass is 9.94. The number of ether oxygens (including phenoxy) is 1. The first-order chi connectivity index (χ1) is 19.4. The summed E-state index contributed by atoms with van der Waals surface area (Å²) < 4.78 is 20.5. The molecule has 5 aromatic rings. The molecule has 0 aliphatic carbocycles. The Morgan fingerprint density at radius 1 is 1.05 bits per heavy atom. The highest BCUT2D eigenvalue weighted by Gasteiger charge is 2.48. The predicted molar refractivity (Wildman–Crippen MR) is 152 cm³/mol. The molecule has 8 nitrogen and oxygen atoms in total. The van der Waals surface area contributed by atoms with Crippen molar-refractivity contribution in [1.82, 2.24) is 20.1 Å². The Kier molecular flexibility index (Phi) is 6.55. The average molecular weight is 556 g/mol.